The van der Waals surface area contributed by atoms with Crippen molar-refractivity contribution in [3.63, 3.8) is 0 Å². The number of hydrogen-bond acceptors (Lipinski definition) is 2. The van der Waals surface area contributed by atoms with E-state index in [1.54, 1.807) is 0 Å². The molecule has 14 heavy (non-hydrogen) atoms. The maximum Gasteiger partial charge on any atom is 0.0113 e. The third-order valence-electron chi connectivity index (χ3n) is 2.74. The van der Waals surface area contributed by atoms with Crippen LogP contribution < -0.4 is 5.32 Å². The quantitative estimate of drug-likeness (QED) is 0.655. The smallest absolute Gasteiger partial charge is 0.0113 e. The first-order chi connectivity index (χ1) is 6.52. The monoisotopic (exact) mass is 217 g/mol. The first-order valence-electron chi connectivity index (χ1n) is 5.68. The number of nitrogens with one attached hydrogen (secondary N) is 1. The van der Waals surface area contributed by atoms with E-state index in [-0.39, 0.29) is 0 Å². The topological polar surface area (TPSA) is 12.0 Å². The molecule has 0 radical (unpaired) electrons. The minimum Gasteiger partial charge on any atom is -0.316 e. The van der Waals surface area contributed by atoms with Crippen molar-refractivity contribution in [2.45, 2.75) is 52.5 Å². The minimum absolute atomic E-state index is 0.397. The lowest BCUT2D eigenvalue weighted by molar-refractivity contribution is 0.262. The molecule has 0 fully saturated rings. The molecule has 1 N–H and O–H groups in total. The van der Waals surface area contributed by atoms with Gasteiger partial charge in [-0.25, -0.2) is 0 Å². The summed E-state index contributed by atoms with van der Waals surface area (Å²) in [5, 5.41) is 3.43. The zero-order valence-corrected chi connectivity index (χ0v) is 11.3. The molecule has 0 heterocycles. The summed E-state index contributed by atoms with van der Waals surface area (Å²) in [6.07, 6.45) is 7.63. The third-order valence-corrected chi connectivity index (χ3v) is 3.43. The van der Waals surface area contributed by atoms with Gasteiger partial charge in [-0.3, -0.25) is 0 Å². The van der Waals surface area contributed by atoms with Gasteiger partial charge in [-0.1, -0.05) is 33.6 Å². The summed E-state index contributed by atoms with van der Waals surface area (Å²) in [6, 6.07) is 0.664. The van der Waals surface area contributed by atoms with E-state index in [0.717, 1.165) is 0 Å². The largest absolute Gasteiger partial charge is 0.316 e. The van der Waals surface area contributed by atoms with Gasteiger partial charge in [0, 0.05) is 6.04 Å². The molecule has 0 bridgehead atoms. The second kappa shape index (κ2) is 7.58. The van der Waals surface area contributed by atoms with Gasteiger partial charge in [0.1, 0.15) is 0 Å². The van der Waals surface area contributed by atoms with E-state index < -0.39 is 0 Å². The Morgan fingerprint density at radius 2 is 1.79 bits per heavy atom. The van der Waals surface area contributed by atoms with Crippen LogP contribution in [0.4, 0.5) is 0 Å². The fraction of sp³-hybridized carbons (Fsp3) is 1.00. The van der Waals surface area contributed by atoms with Crippen LogP contribution in [0.5, 0.6) is 0 Å². The van der Waals surface area contributed by atoms with Crippen LogP contribution in [-0.4, -0.2) is 25.1 Å². The van der Waals surface area contributed by atoms with E-state index in [1.165, 1.54) is 31.4 Å². The lowest BCUT2D eigenvalue weighted by Crippen LogP contribution is -2.37. The Labute approximate surface area is 94.4 Å². The molecule has 0 aromatic carbocycles. The highest BCUT2D eigenvalue weighted by molar-refractivity contribution is 7.98. The number of unbranched alkanes of at least 4 members (excludes halogenated alkanes) is 2. The van der Waals surface area contributed by atoms with Crippen LogP contribution in [0.2, 0.25) is 0 Å². The van der Waals surface area contributed by atoms with Gasteiger partial charge in [-0.05, 0) is 37.3 Å². The van der Waals surface area contributed by atoms with E-state index in [4.69, 9.17) is 0 Å². The first kappa shape index (κ1) is 14.3. The van der Waals surface area contributed by atoms with Gasteiger partial charge in [0.05, 0.1) is 0 Å². The van der Waals surface area contributed by atoms with Crippen LogP contribution in [0.25, 0.3) is 0 Å². The molecule has 1 nitrogen and oxygen atoms in total. The number of hydrogen-bond donors (Lipinski definition) is 1. The Kier molecular flexibility index (Phi) is 7.75. The molecular formula is C12H27NS. The van der Waals surface area contributed by atoms with Crippen LogP contribution in [0.1, 0.15) is 46.5 Å². The molecule has 0 aliphatic rings. The number of rotatable bonds is 7. The van der Waals surface area contributed by atoms with Crippen LogP contribution in [0, 0.1) is 5.41 Å². The van der Waals surface area contributed by atoms with Gasteiger partial charge in [0.2, 0.25) is 0 Å². The van der Waals surface area contributed by atoms with Crippen molar-refractivity contribution in [2.24, 2.45) is 5.41 Å². The van der Waals surface area contributed by atoms with Crippen molar-refractivity contribution in [1.29, 1.82) is 0 Å². The molecule has 0 aliphatic heterocycles. The molecule has 0 saturated heterocycles. The zero-order chi connectivity index (χ0) is 11.0. The molecule has 0 aromatic heterocycles. The Bertz CT molecular complexity index is 129. The molecular weight excluding hydrogens is 190 g/mol. The summed E-state index contributed by atoms with van der Waals surface area (Å²) < 4.78 is 0. The summed E-state index contributed by atoms with van der Waals surface area (Å²) in [4.78, 5) is 0. The molecule has 1 unspecified atom stereocenters. The molecule has 0 spiro atoms. The van der Waals surface area contributed by atoms with Crippen LogP contribution >= 0.6 is 11.8 Å². The van der Waals surface area contributed by atoms with Crippen molar-refractivity contribution >= 4 is 11.8 Å². The minimum atomic E-state index is 0.397. The van der Waals surface area contributed by atoms with Gasteiger partial charge in [0.25, 0.3) is 0 Å². The second-order valence-corrected chi connectivity index (χ2v) is 6.04. The molecule has 86 valence electrons. The average Bonchev–Trinajstić information content (AvgIpc) is 2.09. The van der Waals surface area contributed by atoms with Gasteiger partial charge in [-0.15, -0.1) is 0 Å². The normalized spacial score (nSPS) is 14.4. The zero-order valence-electron chi connectivity index (χ0n) is 10.5. The lowest BCUT2D eigenvalue weighted by atomic mass is 9.84. The molecule has 0 rings (SSSR count). The summed E-state index contributed by atoms with van der Waals surface area (Å²) in [5.41, 5.74) is 0.397. The molecule has 2 heteroatoms. The molecule has 0 aromatic rings. The van der Waals surface area contributed by atoms with E-state index in [9.17, 15) is 0 Å². The predicted octanol–water partition coefficient (Wildman–Crippen LogP) is 3.54. The summed E-state index contributed by atoms with van der Waals surface area (Å²) >= 11 is 1.96. The Morgan fingerprint density at radius 3 is 2.21 bits per heavy atom. The Morgan fingerprint density at radius 1 is 1.14 bits per heavy atom. The number of thioether (sulfide) groups is 1. The lowest BCUT2D eigenvalue weighted by Gasteiger charge is -2.30. The first-order valence-corrected chi connectivity index (χ1v) is 7.08. The van der Waals surface area contributed by atoms with E-state index in [1.807, 2.05) is 11.8 Å². The van der Waals surface area contributed by atoms with Crippen LogP contribution in [0.15, 0.2) is 0 Å². The van der Waals surface area contributed by atoms with Crippen LogP contribution in [0.3, 0.4) is 0 Å². The third kappa shape index (κ3) is 6.72. The van der Waals surface area contributed by atoms with Gasteiger partial charge in [0.15, 0.2) is 0 Å². The van der Waals surface area contributed by atoms with Crippen molar-refractivity contribution in [1.82, 2.24) is 5.32 Å². The second-order valence-electron chi connectivity index (χ2n) is 5.05. The standard InChI is InChI=1S/C12H27NS/c1-12(2,3)11(13-4)9-7-6-8-10-14-5/h11,13H,6-10H2,1-5H3. The highest BCUT2D eigenvalue weighted by atomic mass is 32.2. The van der Waals surface area contributed by atoms with Crippen molar-refractivity contribution in [2.75, 3.05) is 19.1 Å². The highest BCUT2D eigenvalue weighted by Gasteiger charge is 2.21. The van der Waals surface area contributed by atoms with E-state index in [0.29, 0.717) is 11.5 Å². The predicted molar refractivity (Wildman–Crippen MR) is 69.2 cm³/mol. The summed E-state index contributed by atoms with van der Waals surface area (Å²) in [6.45, 7) is 6.95. The Balaban J connectivity index is 3.54. The van der Waals surface area contributed by atoms with Gasteiger partial charge < -0.3 is 5.32 Å². The average molecular weight is 217 g/mol. The van der Waals surface area contributed by atoms with Gasteiger partial charge in [-0.2, -0.15) is 11.8 Å². The molecule has 0 amide bonds. The SMILES string of the molecule is CNC(CCCCCSC)C(C)(C)C. The fourth-order valence-electron chi connectivity index (χ4n) is 1.78. The maximum atomic E-state index is 3.43. The van der Waals surface area contributed by atoms with Crippen molar-refractivity contribution < 1.29 is 0 Å². The van der Waals surface area contributed by atoms with E-state index in [2.05, 4.69) is 39.4 Å². The highest BCUT2D eigenvalue weighted by Crippen LogP contribution is 2.23. The van der Waals surface area contributed by atoms with E-state index >= 15 is 0 Å². The van der Waals surface area contributed by atoms with Gasteiger partial charge >= 0.3 is 0 Å². The summed E-state index contributed by atoms with van der Waals surface area (Å²) in [5.74, 6) is 1.32. The maximum absolute atomic E-state index is 3.43. The van der Waals surface area contributed by atoms with Crippen molar-refractivity contribution in [3.8, 4) is 0 Å². The molecule has 0 saturated carbocycles. The Hall–Kier alpha value is 0.310. The fourth-order valence-corrected chi connectivity index (χ4v) is 2.27. The van der Waals surface area contributed by atoms with Crippen molar-refractivity contribution in [3.05, 3.63) is 0 Å². The molecule has 0 aliphatic carbocycles. The molecule has 1 atom stereocenters. The van der Waals surface area contributed by atoms with Crippen LogP contribution in [-0.2, 0) is 0 Å². The summed E-state index contributed by atoms with van der Waals surface area (Å²) in [7, 11) is 2.08.